The molecule has 0 aromatic carbocycles. The van der Waals surface area contributed by atoms with Gasteiger partial charge in [-0.25, -0.2) is 4.79 Å². The highest BCUT2D eigenvalue weighted by Crippen LogP contribution is 1.67. The van der Waals surface area contributed by atoms with Gasteiger partial charge in [-0.2, -0.15) is 10.3 Å². The van der Waals surface area contributed by atoms with Crippen LogP contribution in [0.5, 0.6) is 0 Å². The summed E-state index contributed by atoms with van der Waals surface area (Å²) in [7, 11) is 1.33. The third-order valence-corrected chi connectivity index (χ3v) is 0.664. The lowest BCUT2D eigenvalue weighted by Gasteiger charge is -1.90. The summed E-state index contributed by atoms with van der Waals surface area (Å²) in [5.74, 6) is 0. The normalized spacial score (nSPS) is 7.36. The van der Waals surface area contributed by atoms with Crippen LogP contribution in [0.3, 0.4) is 0 Å². The lowest BCUT2D eigenvalue weighted by atomic mass is 10.7. The van der Waals surface area contributed by atoms with Crippen molar-refractivity contribution in [2.75, 3.05) is 13.7 Å². The Balaban J connectivity index is 3.46. The van der Waals surface area contributed by atoms with Crippen molar-refractivity contribution in [1.29, 1.82) is 0 Å². The molecule has 2 amide bonds. The SMILES string of the molecule is C=CC[N+]#CNC(=O)NOC. The van der Waals surface area contributed by atoms with Gasteiger partial charge in [0.1, 0.15) is 0 Å². The molecule has 2 N–H and O–H groups in total. The third-order valence-electron chi connectivity index (χ3n) is 0.664. The van der Waals surface area contributed by atoms with Crippen LogP contribution < -0.4 is 10.8 Å². The standard InChI is InChI=1S/C6H9N3O2/c1-3-4-7-5-8-6(10)9-11-2/h3H,1,4H2,2H3,(H,9,10)/p+1. The summed E-state index contributed by atoms with van der Waals surface area (Å²) in [5.41, 5.74) is 2.02. The number of amides is 2. The van der Waals surface area contributed by atoms with Crippen molar-refractivity contribution in [2.24, 2.45) is 0 Å². The highest BCUT2D eigenvalue weighted by molar-refractivity contribution is 5.74. The Bertz CT molecular complexity index is 192. The molecule has 60 valence electrons. The maximum atomic E-state index is 10.5. The summed E-state index contributed by atoms with van der Waals surface area (Å²) in [6, 6.07) is -0.514. The first-order valence-corrected chi connectivity index (χ1v) is 2.92. The Hall–Kier alpha value is -1.54. The van der Waals surface area contributed by atoms with Gasteiger partial charge in [-0.3, -0.25) is 4.84 Å². The van der Waals surface area contributed by atoms with Gasteiger partial charge in [0.05, 0.1) is 7.11 Å². The van der Waals surface area contributed by atoms with Crippen molar-refractivity contribution in [3.05, 3.63) is 17.5 Å². The average Bonchev–Trinajstić information content (AvgIpc) is 1.99. The van der Waals surface area contributed by atoms with Crippen LogP contribution >= 0.6 is 0 Å². The molecule has 0 bridgehead atoms. The number of carbonyl (C=O) groups is 1. The van der Waals surface area contributed by atoms with Crippen LogP contribution in [-0.2, 0) is 4.84 Å². The van der Waals surface area contributed by atoms with Gasteiger partial charge in [0.15, 0.2) is 0 Å². The average molecular weight is 156 g/mol. The Kier molecular flexibility index (Phi) is 5.66. The number of urea groups is 1. The summed E-state index contributed by atoms with van der Waals surface area (Å²) >= 11 is 0. The minimum Gasteiger partial charge on any atom is -0.274 e. The maximum Gasteiger partial charge on any atom is 0.438 e. The van der Waals surface area contributed by atoms with E-state index in [2.05, 4.69) is 27.8 Å². The van der Waals surface area contributed by atoms with Gasteiger partial charge < -0.3 is 0 Å². The molecule has 0 rings (SSSR count). The molecule has 0 saturated carbocycles. The van der Waals surface area contributed by atoms with Crippen LogP contribution in [0.25, 0.3) is 4.85 Å². The molecule has 0 aliphatic rings. The van der Waals surface area contributed by atoms with Crippen LogP contribution in [0.2, 0.25) is 0 Å². The van der Waals surface area contributed by atoms with E-state index < -0.39 is 6.03 Å². The first kappa shape index (κ1) is 9.46. The summed E-state index contributed by atoms with van der Waals surface area (Å²) in [4.78, 5) is 18.4. The van der Waals surface area contributed by atoms with Crippen molar-refractivity contribution in [1.82, 2.24) is 10.8 Å². The minimum atomic E-state index is -0.514. The molecule has 0 radical (unpaired) electrons. The number of nitrogens with one attached hydrogen (secondary N) is 2. The molecule has 0 heterocycles. The monoisotopic (exact) mass is 156 g/mol. The summed E-state index contributed by atoms with van der Waals surface area (Å²) < 4.78 is 0. The van der Waals surface area contributed by atoms with E-state index in [-0.39, 0.29) is 0 Å². The van der Waals surface area contributed by atoms with Crippen molar-refractivity contribution in [2.45, 2.75) is 0 Å². The first-order chi connectivity index (χ1) is 5.31. The lowest BCUT2D eigenvalue weighted by molar-refractivity contribution is 0.109. The second-order valence-electron chi connectivity index (χ2n) is 1.50. The largest absolute Gasteiger partial charge is 0.438 e. The highest BCUT2D eigenvalue weighted by Gasteiger charge is 2.00. The van der Waals surface area contributed by atoms with E-state index in [1.165, 1.54) is 7.11 Å². The van der Waals surface area contributed by atoms with Crippen molar-refractivity contribution in [3.63, 3.8) is 0 Å². The summed E-state index contributed by atoms with van der Waals surface area (Å²) in [6.45, 7) is 3.85. The van der Waals surface area contributed by atoms with Gasteiger partial charge in [-0.15, -0.1) is 5.32 Å². The zero-order chi connectivity index (χ0) is 8.53. The molecule has 0 atom stereocenters. The Labute approximate surface area is 64.8 Å². The molecule has 0 spiro atoms. The van der Waals surface area contributed by atoms with E-state index in [4.69, 9.17) is 0 Å². The Morgan fingerprint density at radius 2 is 2.64 bits per heavy atom. The number of hydrogen-bond acceptors (Lipinski definition) is 2. The molecule has 5 nitrogen and oxygen atoms in total. The molecule has 0 fully saturated rings. The zero-order valence-electron chi connectivity index (χ0n) is 6.26. The van der Waals surface area contributed by atoms with Gasteiger partial charge in [0.2, 0.25) is 6.54 Å². The predicted molar refractivity (Wildman–Crippen MR) is 41.0 cm³/mol. The molecule has 0 unspecified atom stereocenters. The van der Waals surface area contributed by atoms with Gasteiger partial charge >= 0.3 is 12.2 Å². The second-order valence-corrected chi connectivity index (χ2v) is 1.50. The number of nitrogens with zero attached hydrogens (tertiary/aromatic N) is 1. The Morgan fingerprint density at radius 3 is 3.18 bits per heavy atom. The first-order valence-electron chi connectivity index (χ1n) is 2.92. The van der Waals surface area contributed by atoms with Crippen molar-refractivity contribution in [3.8, 4) is 6.19 Å². The van der Waals surface area contributed by atoms with Gasteiger partial charge in [-0.05, 0) is 6.08 Å². The van der Waals surface area contributed by atoms with E-state index in [0.29, 0.717) is 6.54 Å². The molecule has 0 saturated heterocycles. The molecule has 5 heteroatoms. The van der Waals surface area contributed by atoms with Gasteiger partial charge in [-0.1, -0.05) is 6.58 Å². The summed E-state index contributed by atoms with van der Waals surface area (Å²) in [6.07, 6.45) is 3.87. The zero-order valence-corrected chi connectivity index (χ0v) is 6.26. The predicted octanol–water partition coefficient (Wildman–Crippen LogP) is 0.323. The highest BCUT2D eigenvalue weighted by atomic mass is 16.6. The number of carbonyl (C=O) groups excluding carboxylic acids is 1. The molecular formula is C6H10N3O2+. The number of hydrogen-bond donors (Lipinski definition) is 2. The van der Waals surface area contributed by atoms with Crippen LogP contribution in [0.4, 0.5) is 4.79 Å². The van der Waals surface area contributed by atoms with E-state index in [1.807, 2.05) is 5.48 Å². The van der Waals surface area contributed by atoms with E-state index in [1.54, 1.807) is 6.08 Å². The van der Waals surface area contributed by atoms with Crippen LogP contribution in [0.15, 0.2) is 12.7 Å². The van der Waals surface area contributed by atoms with Gasteiger partial charge in [0, 0.05) is 0 Å². The summed E-state index contributed by atoms with van der Waals surface area (Å²) in [5, 5.41) is 2.18. The molecule has 0 aromatic heterocycles. The molecule has 0 aliphatic carbocycles. The molecule has 0 aromatic rings. The van der Waals surface area contributed by atoms with Crippen molar-refractivity contribution >= 4 is 6.03 Å². The Morgan fingerprint density at radius 1 is 1.91 bits per heavy atom. The van der Waals surface area contributed by atoms with Gasteiger partial charge in [0.25, 0.3) is 0 Å². The number of rotatable bonds is 2. The van der Waals surface area contributed by atoms with Crippen LogP contribution in [0.1, 0.15) is 0 Å². The molecule has 0 aliphatic heterocycles. The molecule has 11 heavy (non-hydrogen) atoms. The van der Waals surface area contributed by atoms with E-state index >= 15 is 0 Å². The third kappa shape index (κ3) is 6.34. The van der Waals surface area contributed by atoms with Crippen molar-refractivity contribution < 1.29 is 9.63 Å². The van der Waals surface area contributed by atoms with Crippen LogP contribution in [0, 0.1) is 6.19 Å². The maximum absolute atomic E-state index is 10.5. The van der Waals surface area contributed by atoms with Crippen LogP contribution in [-0.4, -0.2) is 19.7 Å². The minimum absolute atomic E-state index is 0.424. The molecular weight excluding hydrogens is 146 g/mol. The fourth-order valence-electron chi connectivity index (χ4n) is 0.319. The second kappa shape index (κ2) is 6.58. The quantitative estimate of drug-likeness (QED) is 0.262. The topological polar surface area (TPSA) is 54.7 Å². The lowest BCUT2D eigenvalue weighted by Crippen LogP contribution is -2.31. The fourth-order valence-corrected chi connectivity index (χ4v) is 0.319. The fraction of sp³-hybridized carbons (Fsp3) is 0.333. The van der Waals surface area contributed by atoms with E-state index in [9.17, 15) is 4.79 Å². The van der Waals surface area contributed by atoms with E-state index in [0.717, 1.165) is 0 Å². The smallest absolute Gasteiger partial charge is 0.274 e. The number of hydroxylamine groups is 1.